The lowest BCUT2D eigenvalue weighted by Crippen LogP contribution is -2.42. The van der Waals surface area contributed by atoms with Gasteiger partial charge >= 0.3 is 0 Å². The molecule has 0 aromatic heterocycles. The minimum absolute atomic E-state index is 0.398. The number of carbonyl (C=O) groups excluding carboxylic acids is 1. The van der Waals surface area contributed by atoms with Crippen LogP contribution in [0.2, 0.25) is 0 Å². The number of hydrogen-bond acceptors (Lipinski definition) is 1. The summed E-state index contributed by atoms with van der Waals surface area (Å²) < 4.78 is 0. The van der Waals surface area contributed by atoms with Crippen molar-refractivity contribution in [1.29, 1.82) is 0 Å². The Hall–Kier alpha value is -0.0500. The average molecular weight is 360 g/mol. The molecule has 3 heteroatoms. The molecule has 0 aromatic rings. The molecular formula is C18H34BrNO. The number of hydrogen-bond donors (Lipinski definition) is 0. The molecule has 0 N–H and O–H groups in total. The van der Waals surface area contributed by atoms with Gasteiger partial charge in [-0.2, -0.15) is 0 Å². The van der Waals surface area contributed by atoms with Gasteiger partial charge in [0, 0.05) is 24.3 Å². The highest BCUT2D eigenvalue weighted by Crippen LogP contribution is 2.23. The minimum Gasteiger partial charge on any atom is -0.339 e. The fourth-order valence-electron chi connectivity index (χ4n) is 3.37. The van der Waals surface area contributed by atoms with Crippen molar-refractivity contribution < 1.29 is 4.79 Å². The van der Waals surface area contributed by atoms with Crippen molar-refractivity contribution in [2.75, 3.05) is 11.9 Å². The number of amides is 1. The quantitative estimate of drug-likeness (QED) is 0.343. The fraction of sp³-hybridized carbons (Fsp3) is 0.944. The molecule has 0 radical (unpaired) electrons. The molecule has 0 atom stereocenters. The topological polar surface area (TPSA) is 20.3 Å². The predicted molar refractivity (Wildman–Crippen MR) is 95.0 cm³/mol. The van der Waals surface area contributed by atoms with Gasteiger partial charge in [0.25, 0.3) is 0 Å². The first-order valence-electron chi connectivity index (χ1n) is 9.15. The molecule has 1 amide bonds. The summed E-state index contributed by atoms with van der Waals surface area (Å²) in [6.45, 7) is 3.14. The fourth-order valence-corrected chi connectivity index (χ4v) is 3.75. The Balaban J connectivity index is 2.19. The van der Waals surface area contributed by atoms with E-state index >= 15 is 0 Å². The Labute approximate surface area is 140 Å². The summed E-state index contributed by atoms with van der Waals surface area (Å²) in [7, 11) is 0. The number of rotatable bonds is 11. The largest absolute Gasteiger partial charge is 0.339 e. The summed E-state index contributed by atoms with van der Waals surface area (Å²) in [6.07, 6.45) is 16.1. The summed E-state index contributed by atoms with van der Waals surface area (Å²) in [4.78, 5) is 14.6. The molecule has 1 rings (SSSR count). The van der Waals surface area contributed by atoms with Crippen molar-refractivity contribution >= 4 is 21.8 Å². The first-order chi connectivity index (χ1) is 10.3. The van der Waals surface area contributed by atoms with Crippen LogP contribution in [-0.2, 0) is 4.79 Å². The summed E-state index contributed by atoms with van der Waals surface area (Å²) in [6, 6.07) is 0.522. The molecule has 2 nitrogen and oxygen atoms in total. The van der Waals surface area contributed by atoms with Gasteiger partial charge in [0.2, 0.25) is 5.91 Å². The van der Waals surface area contributed by atoms with Crippen molar-refractivity contribution in [3.8, 4) is 0 Å². The van der Waals surface area contributed by atoms with E-state index in [1.807, 2.05) is 0 Å². The SMILES string of the molecule is CCCCCCCCCC(=O)N(CCBr)C1CCCCC1. The van der Waals surface area contributed by atoms with Crippen LogP contribution in [0.25, 0.3) is 0 Å². The zero-order valence-electron chi connectivity index (χ0n) is 13.9. The zero-order chi connectivity index (χ0) is 15.3. The van der Waals surface area contributed by atoms with Crippen molar-refractivity contribution in [1.82, 2.24) is 4.90 Å². The molecule has 0 bridgehead atoms. The highest BCUT2D eigenvalue weighted by molar-refractivity contribution is 9.09. The summed E-state index contributed by atoms with van der Waals surface area (Å²) in [5, 5.41) is 0.909. The number of halogens is 1. The van der Waals surface area contributed by atoms with E-state index in [1.54, 1.807) is 0 Å². The average Bonchev–Trinajstić information content (AvgIpc) is 2.52. The Kier molecular flexibility index (Phi) is 11.3. The van der Waals surface area contributed by atoms with Gasteiger partial charge in [-0.25, -0.2) is 0 Å². The van der Waals surface area contributed by atoms with Gasteiger partial charge in [-0.15, -0.1) is 0 Å². The van der Waals surface area contributed by atoms with Gasteiger partial charge in [-0.05, 0) is 19.3 Å². The Morgan fingerprint density at radius 2 is 1.62 bits per heavy atom. The van der Waals surface area contributed by atoms with Crippen LogP contribution < -0.4 is 0 Å². The second-order valence-corrected chi connectivity index (χ2v) is 7.23. The third-order valence-corrected chi connectivity index (χ3v) is 5.01. The number of alkyl halides is 1. The monoisotopic (exact) mass is 359 g/mol. The predicted octanol–water partition coefficient (Wildman–Crippen LogP) is 5.68. The van der Waals surface area contributed by atoms with Crippen LogP contribution in [0.3, 0.4) is 0 Å². The lowest BCUT2D eigenvalue weighted by molar-refractivity contribution is -0.134. The molecule has 1 aliphatic rings. The smallest absolute Gasteiger partial charge is 0.222 e. The zero-order valence-corrected chi connectivity index (χ0v) is 15.5. The van der Waals surface area contributed by atoms with Crippen LogP contribution in [0, 0.1) is 0 Å². The molecule has 21 heavy (non-hydrogen) atoms. The maximum absolute atomic E-state index is 12.5. The molecule has 1 saturated carbocycles. The van der Waals surface area contributed by atoms with Gasteiger partial charge < -0.3 is 4.90 Å². The molecule has 124 valence electrons. The van der Waals surface area contributed by atoms with E-state index in [0.29, 0.717) is 11.9 Å². The lowest BCUT2D eigenvalue weighted by Gasteiger charge is -2.34. The second kappa shape index (κ2) is 12.5. The van der Waals surface area contributed by atoms with E-state index in [-0.39, 0.29) is 0 Å². The Morgan fingerprint density at radius 3 is 2.24 bits per heavy atom. The normalized spacial score (nSPS) is 16.1. The Morgan fingerprint density at radius 1 is 1.00 bits per heavy atom. The van der Waals surface area contributed by atoms with Gasteiger partial charge in [-0.3, -0.25) is 4.79 Å². The van der Waals surface area contributed by atoms with Crippen molar-refractivity contribution in [3.05, 3.63) is 0 Å². The third kappa shape index (κ3) is 8.23. The summed E-state index contributed by atoms with van der Waals surface area (Å²) >= 11 is 3.51. The van der Waals surface area contributed by atoms with E-state index in [1.165, 1.54) is 70.6 Å². The molecule has 0 unspecified atom stereocenters. The van der Waals surface area contributed by atoms with Crippen molar-refractivity contribution in [3.63, 3.8) is 0 Å². The van der Waals surface area contributed by atoms with Crippen LogP contribution >= 0.6 is 15.9 Å². The number of unbranched alkanes of at least 4 members (excludes halogenated alkanes) is 6. The van der Waals surface area contributed by atoms with Crippen molar-refractivity contribution in [2.24, 2.45) is 0 Å². The first kappa shape index (κ1) is 19.0. The summed E-state index contributed by atoms with van der Waals surface area (Å²) in [5.41, 5.74) is 0. The van der Waals surface area contributed by atoms with E-state index in [2.05, 4.69) is 27.8 Å². The molecule has 0 aliphatic heterocycles. The maximum Gasteiger partial charge on any atom is 0.222 e. The molecule has 0 spiro atoms. The van der Waals surface area contributed by atoms with E-state index in [0.717, 1.165) is 24.7 Å². The number of nitrogens with zero attached hydrogens (tertiary/aromatic N) is 1. The molecule has 1 fully saturated rings. The van der Waals surface area contributed by atoms with Gasteiger partial charge in [0.05, 0.1) is 0 Å². The van der Waals surface area contributed by atoms with Gasteiger partial charge in [0.15, 0.2) is 0 Å². The summed E-state index contributed by atoms with van der Waals surface area (Å²) in [5.74, 6) is 0.398. The van der Waals surface area contributed by atoms with Gasteiger partial charge in [-0.1, -0.05) is 80.6 Å². The molecule has 0 heterocycles. The van der Waals surface area contributed by atoms with E-state index in [4.69, 9.17) is 0 Å². The molecule has 0 saturated heterocycles. The van der Waals surface area contributed by atoms with Crippen LogP contribution in [0.5, 0.6) is 0 Å². The highest BCUT2D eigenvalue weighted by Gasteiger charge is 2.24. The molecule has 0 aromatic carbocycles. The standard InChI is InChI=1S/C18H34BrNO/c1-2-3-4-5-6-7-11-14-18(21)20(16-15-19)17-12-9-8-10-13-17/h17H,2-16H2,1H3. The van der Waals surface area contributed by atoms with Crippen molar-refractivity contribution in [2.45, 2.75) is 96.4 Å². The van der Waals surface area contributed by atoms with Crippen LogP contribution in [0.1, 0.15) is 90.4 Å². The lowest BCUT2D eigenvalue weighted by atomic mass is 9.94. The highest BCUT2D eigenvalue weighted by atomic mass is 79.9. The van der Waals surface area contributed by atoms with Crippen LogP contribution in [-0.4, -0.2) is 28.7 Å². The number of carbonyl (C=O) groups is 1. The van der Waals surface area contributed by atoms with E-state index < -0.39 is 0 Å². The van der Waals surface area contributed by atoms with Gasteiger partial charge in [0.1, 0.15) is 0 Å². The second-order valence-electron chi connectivity index (χ2n) is 6.44. The minimum atomic E-state index is 0.398. The maximum atomic E-state index is 12.5. The van der Waals surface area contributed by atoms with E-state index in [9.17, 15) is 4.79 Å². The van der Waals surface area contributed by atoms with Crippen LogP contribution in [0.15, 0.2) is 0 Å². The molecule has 1 aliphatic carbocycles. The molecular weight excluding hydrogens is 326 g/mol. The van der Waals surface area contributed by atoms with Crippen LogP contribution in [0.4, 0.5) is 0 Å². The first-order valence-corrected chi connectivity index (χ1v) is 10.3. The third-order valence-electron chi connectivity index (χ3n) is 4.66. The Bertz CT molecular complexity index is 264.